The highest BCUT2D eigenvalue weighted by Crippen LogP contribution is 2.64. The summed E-state index contributed by atoms with van der Waals surface area (Å²) in [6.07, 6.45) is 1.86. The summed E-state index contributed by atoms with van der Waals surface area (Å²) in [5, 5.41) is 5.76. The molecule has 0 aliphatic heterocycles. The molecule has 1 heterocycles. The van der Waals surface area contributed by atoms with E-state index in [4.69, 9.17) is 35.4 Å². The Bertz CT molecular complexity index is 456. The van der Waals surface area contributed by atoms with E-state index in [1.54, 1.807) is 0 Å². The third-order valence-electron chi connectivity index (χ3n) is 3.03. The van der Waals surface area contributed by atoms with Crippen LogP contribution in [-0.2, 0) is 0 Å². The number of halogens is 2. The maximum atomic E-state index is 5.67. The number of allylic oxidation sites excluding steroid dienone is 1. The first-order valence-electron chi connectivity index (χ1n) is 4.60. The minimum Gasteiger partial charge on any atom is -0.285 e. The highest BCUT2D eigenvalue weighted by molar-refractivity contribution is 7.71. The minimum atomic E-state index is 0.127. The molecule has 1 aromatic rings. The van der Waals surface area contributed by atoms with Crippen LogP contribution in [0.1, 0.15) is 25.6 Å². The van der Waals surface area contributed by atoms with Crippen molar-refractivity contribution in [1.82, 2.24) is 15.2 Å². The number of nitrogens with one attached hydrogen (secondary N) is 2. The number of aromatic nitrogens is 3. The Morgan fingerprint density at radius 1 is 1.47 bits per heavy atom. The lowest BCUT2D eigenvalue weighted by Gasteiger charge is -1.97. The third kappa shape index (κ3) is 1.98. The maximum absolute atomic E-state index is 5.67. The predicted molar refractivity (Wildman–Crippen MR) is 63.6 cm³/mol. The van der Waals surface area contributed by atoms with E-state index in [-0.39, 0.29) is 5.41 Å². The topological polar surface area (TPSA) is 44.5 Å². The Morgan fingerprint density at radius 3 is 2.60 bits per heavy atom. The van der Waals surface area contributed by atoms with Crippen molar-refractivity contribution in [3.05, 3.63) is 21.2 Å². The van der Waals surface area contributed by atoms with Crippen LogP contribution in [0.4, 0.5) is 0 Å². The van der Waals surface area contributed by atoms with Crippen LogP contribution in [0, 0.1) is 16.1 Å². The van der Waals surface area contributed by atoms with E-state index in [0.717, 1.165) is 5.82 Å². The summed E-state index contributed by atoms with van der Waals surface area (Å²) < 4.78 is 0.789. The first kappa shape index (κ1) is 11.2. The first-order valence-corrected chi connectivity index (χ1v) is 5.76. The van der Waals surface area contributed by atoms with Crippen molar-refractivity contribution in [3.8, 4) is 0 Å². The normalized spacial score (nSPS) is 27.5. The Morgan fingerprint density at radius 2 is 2.13 bits per heavy atom. The molecule has 0 aromatic carbocycles. The van der Waals surface area contributed by atoms with E-state index in [1.165, 1.54) is 0 Å². The maximum Gasteiger partial charge on any atom is 0.213 e. The Kier molecular flexibility index (Phi) is 2.69. The van der Waals surface area contributed by atoms with E-state index in [0.29, 0.717) is 21.1 Å². The van der Waals surface area contributed by atoms with E-state index >= 15 is 0 Å². The van der Waals surface area contributed by atoms with Crippen molar-refractivity contribution in [2.45, 2.75) is 19.8 Å². The summed E-state index contributed by atoms with van der Waals surface area (Å²) in [4.78, 5) is 4.21. The summed E-state index contributed by atoms with van der Waals surface area (Å²) in [7, 11) is 0. The van der Waals surface area contributed by atoms with Crippen LogP contribution in [0.2, 0.25) is 0 Å². The molecular formula is C9H11Cl2N3S. The number of H-pyrrole nitrogens is 2. The largest absolute Gasteiger partial charge is 0.285 e. The standard InChI is InChI=1S/C9H11Cl2N3S/c1-9(2)4(3-5(10)11)6(9)7-12-8(15)14-13-7/h3-4,6H,1-2H3,(H2,12,13,14,15). The molecule has 0 saturated heterocycles. The smallest absolute Gasteiger partial charge is 0.213 e. The molecule has 82 valence electrons. The molecule has 0 bridgehead atoms. The molecule has 0 radical (unpaired) electrons. The fourth-order valence-corrected chi connectivity index (χ4v) is 2.50. The second-order valence-electron chi connectivity index (χ2n) is 4.33. The van der Waals surface area contributed by atoms with Gasteiger partial charge in [-0.05, 0) is 29.6 Å². The molecule has 2 unspecified atom stereocenters. The van der Waals surface area contributed by atoms with E-state index in [1.807, 2.05) is 6.08 Å². The summed E-state index contributed by atoms with van der Waals surface area (Å²) in [5.41, 5.74) is 0.127. The van der Waals surface area contributed by atoms with Crippen LogP contribution >= 0.6 is 35.4 Å². The molecule has 0 amide bonds. The zero-order chi connectivity index (χ0) is 11.2. The highest BCUT2D eigenvalue weighted by atomic mass is 35.5. The van der Waals surface area contributed by atoms with Crippen molar-refractivity contribution in [3.63, 3.8) is 0 Å². The van der Waals surface area contributed by atoms with E-state index in [9.17, 15) is 0 Å². The highest BCUT2D eigenvalue weighted by Gasteiger charge is 2.58. The summed E-state index contributed by atoms with van der Waals surface area (Å²) in [6.45, 7) is 4.31. The molecule has 2 atom stereocenters. The van der Waals surface area contributed by atoms with Gasteiger partial charge in [0, 0.05) is 5.92 Å². The Labute approximate surface area is 103 Å². The average molecular weight is 264 g/mol. The molecule has 1 fully saturated rings. The summed E-state index contributed by atoms with van der Waals surface area (Å²) in [6, 6.07) is 0. The van der Waals surface area contributed by atoms with Crippen molar-refractivity contribution >= 4 is 35.4 Å². The van der Waals surface area contributed by atoms with Crippen LogP contribution in [0.3, 0.4) is 0 Å². The van der Waals surface area contributed by atoms with Crippen LogP contribution in [0.25, 0.3) is 0 Å². The number of nitrogens with zero attached hydrogens (tertiary/aromatic N) is 1. The SMILES string of the molecule is CC1(C)C(C=C(Cl)Cl)C1c1nc(=S)[nH][nH]1. The van der Waals surface area contributed by atoms with Crippen molar-refractivity contribution in [2.24, 2.45) is 11.3 Å². The molecule has 2 N–H and O–H groups in total. The molecular weight excluding hydrogens is 253 g/mol. The van der Waals surface area contributed by atoms with Gasteiger partial charge < -0.3 is 0 Å². The molecule has 3 nitrogen and oxygen atoms in total. The van der Waals surface area contributed by atoms with Gasteiger partial charge in [0.1, 0.15) is 10.3 Å². The lowest BCUT2D eigenvalue weighted by Crippen LogP contribution is -1.91. The van der Waals surface area contributed by atoms with Gasteiger partial charge in [-0.25, -0.2) is 4.98 Å². The van der Waals surface area contributed by atoms with Gasteiger partial charge in [-0.1, -0.05) is 37.0 Å². The molecule has 15 heavy (non-hydrogen) atoms. The zero-order valence-electron chi connectivity index (χ0n) is 8.34. The number of aromatic amines is 2. The van der Waals surface area contributed by atoms with E-state index in [2.05, 4.69) is 29.0 Å². The van der Waals surface area contributed by atoms with Gasteiger partial charge in [0.2, 0.25) is 4.77 Å². The predicted octanol–water partition coefficient (Wildman–Crippen LogP) is 3.53. The lowest BCUT2D eigenvalue weighted by molar-refractivity contribution is 0.586. The van der Waals surface area contributed by atoms with Crippen molar-refractivity contribution in [1.29, 1.82) is 0 Å². The monoisotopic (exact) mass is 263 g/mol. The minimum absolute atomic E-state index is 0.127. The third-order valence-corrected chi connectivity index (χ3v) is 3.48. The van der Waals surface area contributed by atoms with Gasteiger partial charge in [-0.3, -0.25) is 10.2 Å². The molecule has 1 aliphatic carbocycles. The molecule has 1 saturated carbocycles. The fourth-order valence-electron chi connectivity index (χ4n) is 2.08. The van der Waals surface area contributed by atoms with E-state index < -0.39 is 0 Å². The van der Waals surface area contributed by atoms with Gasteiger partial charge in [0.25, 0.3) is 0 Å². The lowest BCUT2D eigenvalue weighted by atomic mass is 10.1. The van der Waals surface area contributed by atoms with Gasteiger partial charge >= 0.3 is 0 Å². The second-order valence-corrected chi connectivity index (χ2v) is 5.73. The summed E-state index contributed by atoms with van der Waals surface area (Å²) >= 11 is 16.2. The van der Waals surface area contributed by atoms with Gasteiger partial charge in [0.15, 0.2) is 0 Å². The molecule has 6 heteroatoms. The summed E-state index contributed by atoms with van der Waals surface area (Å²) in [5.74, 6) is 1.50. The average Bonchev–Trinajstić information content (AvgIpc) is 2.47. The van der Waals surface area contributed by atoms with Gasteiger partial charge in [-0.2, -0.15) is 0 Å². The number of hydrogen-bond donors (Lipinski definition) is 2. The van der Waals surface area contributed by atoms with Crippen LogP contribution in [0.5, 0.6) is 0 Å². The van der Waals surface area contributed by atoms with Gasteiger partial charge in [0.05, 0.1) is 0 Å². The zero-order valence-corrected chi connectivity index (χ0v) is 10.7. The Balaban J connectivity index is 2.27. The number of rotatable bonds is 2. The molecule has 1 aromatic heterocycles. The quantitative estimate of drug-likeness (QED) is 0.802. The molecule has 2 rings (SSSR count). The first-order chi connectivity index (χ1) is 6.93. The Hall–Kier alpha value is -0.320. The fraction of sp³-hybridized carbons (Fsp3) is 0.556. The van der Waals surface area contributed by atoms with Gasteiger partial charge in [-0.15, -0.1) is 0 Å². The van der Waals surface area contributed by atoms with Crippen molar-refractivity contribution in [2.75, 3.05) is 0 Å². The van der Waals surface area contributed by atoms with Crippen LogP contribution < -0.4 is 0 Å². The molecule has 0 spiro atoms. The number of hydrogen-bond acceptors (Lipinski definition) is 2. The van der Waals surface area contributed by atoms with Crippen molar-refractivity contribution < 1.29 is 0 Å². The second kappa shape index (κ2) is 3.61. The van der Waals surface area contributed by atoms with Crippen LogP contribution in [0.15, 0.2) is 10.6 Å². The molecule has 1 aliphatic rings. The van der Waals surface area contributed by atoms with Crippen LogP contribution in [-0.4, -0.2) is 15.2 Å².